The molecule has 0 amide bonds. The average Bonchev–Trinajstić information content (AvgIpc) is 2.25. The van der Waals surface area contributed by atoms with E-state index in [0.717, 1.165) is 12.6 Å². The summed E-state index contributed by atoms with van der Waals surface area (Å²) < 4.78 is 0. The zero-order valence-corrected chi connectivity index (χ0v) is 11.5. The molecular formula is C12H28N2S. The summed E-state index contributed by atoms with van der Waals surface area (Å²) in [5.74, 6) is 1.28. The fourth-order valence-electron chi connectivity index (χ4n) is 1.59. The van der Waals surface area contributed by atoms with Crippen LogP contribution >= 0.6 is 11.8 Å². The van der Waals surface area contributed by atoms with Crippen LogP contribution in [0.1, 0.15) is 39.0 Å². The van der Waals surface area contributed by atoms with E-state index in [2.05, 4.69) is 25.1 Å². The normalized spacial score (nSPS) is 13.4. The first kappa shape index (κ1) is 15.3. The molecule has 15 heavy (non-hydrogen) atoms. The first-order valence-corrected chi connectivity index (χ1v) is 7.51. The van der Waals surface area contributed by atoms with Crippen molar-refractivity contribution in [3.05, 3.63) is 0 Å². The van der Waals surface area contributed by atoms with Crippen LogP contribution in [0.15, 0.2) is 0 Å². The van der Waals surface area contributed by atoms with E-state index in [1.54, 1.807) is 0 Å². The number of nitrogens with two attached hydrogens (primary N) is 1. The number of unbranched alkanes of at least 4 members (excludes halogenated alkanes) is 3. The van der Waals surface area contributed by atoms with Crippen molar-refractivity contribution in [1.82, 2.24) is 4.90 Å². The van der Waals surface area contributed by atoms with Crippen LogP contribution in [-0.2, 0) is 0 Å². The van der Waals surface area contributed by atoms with Gasteiger partial charge in [-0.25, -0.2) is 0 Å². The van der Waals surface area contributed by atoms with Gasteiger partial charge in [-0.1, -0.05) is 12.8 Å². The lowest BCUT2D eigenvalue weighted by atomic mass is 10.1. The highest BCUT2D eigenvalue weighted by molar-refractivity contribution is 7.98. The second-order valence-corrected chi connectivity index (χ2v) is 5.30. The van der Waals surface area contributed by atoms with Crippen LogP contribution in [0.5, 0.6) is 0 Å². The zero-order chi connectivity index (χ0) is 11.5. The van der Waals surface area contributed by atoms with Crippen molar-refractivity contribution in [3.63, 3.8) is 0 Å². The van der Waals surface area contributed by atoms with Crippen molar-refractivity contribution < 1.29 is 0 Å². The topological polar surface area (TPSA) is 29.3 Å². The fourth-order valence-corrected chi connectivity index (χ4v) is 2.17. The average molecular weight is 232 g/mol. The second kappa shape index (κ2) is 10.8. The van der Waals surface area contributed by atoms with Crippen molar-refractivity contribution in [3.8, 4) is 0 Å². The summed E-state index contributed by atoms with van der Waals surface area (Å²) >= 11 is 1.94. The third kappa shape index (κ3) is 9.21. The molecule has 0 aromatic rings. The van der Waals surface area contributed by atoms with Crippen LogP contribution in [-0.4, -0.2) is 43.1 Å². The third-order valence-electron chi connectivity index (χ3n) is 2.96. The molecule has 0 aliphatic heterocycles. The van der Waals surface area contributed by atoms with E-state index in [0.29, 0.717) is 0 Å². The van der Waals surface area contributed by atoms with Gasteiger partial charge in [0.2, 0.25) is 0 Å². The summed E-state index contributed by atoms with van der Waals surface area (Å²) in [6, 6.07) is 0.729. The highest BCUT2D eigenvalue weighted by Crippen LogP contribution is 2.08. The monoisotopic (exact) mass is 232 g/mol. The Morgan fingerprint density at radius 2 is 1.87 bits per heavy atom. The molecule has 0 aromatic heterocycles. The van der Waals surface area contributed by atoms with Gasteiger partial charge in [-0.05, 0) is 58.3 Å². The van der Waals surface area contributed by atoms with Crippen molar-refractivity contribution >= 4 is 11.8 Å². The summed E-state index contributed by atoms with van der Waals surface area (Å²) in [5.41, 5.74) is 5.46. The highest BCUT2D eigenvalue weighted by atomic mass is 32.2. The smallest absolute Gasteiger partial charge is 0.00717 e. The van der Waals surface area contributed by atoms with Crippen LogP contribution in [0.3, 0.4) is 0 Å². The van der Waals surface area contributed by atoms with Crippen LogP contribution < -0.4 is 5.73 Å². The Kier molecular flexibility index (Phi) is 11.0. The summed E-state index contributed by atoms with van der Waals surface area (Å²) in [4.78, 5) is 2.48. The first-order valence-electron chi connectivity index (χ1n) is 6.11. The molecule has 0 saturated heterocycles. The van der Waals surface area contributed by atoms with Gasteiger partial charge in [0.1, 0.15) is 0 Å². The number of hydrogen-bond acceptors (Lipinski definition) is 3. The molecule has 1 atom stereocenters. The van der Waals surface area contributed by atoms with E-state index in [9.17, 15) is 0 Å². The molecule has 1 unspecified atom stereocenters. The number of nitrogens with zero attached hydrogens (tertiary/aromatic N) is 1. The lowest BCUT2D eigenvalue weighted by Crippen LogP contribution is -2.30. The fraction of sp³-hybridized carbons (Fsp3) is 1.00. The number of hydrogen-bond donors (Lipinski definition) is 1. The summed E-state index contributed by atoms with van der Waals surface area (Å²) in [6.45, 7) is 4.41. The molecule has 0 aliphatic carbocycles. The van der Waals surface area contributed by atoms with Crippen LogP contribution in [0.4, 0.5) is 0 Å². The van der Waals surface area contributed by atoms with Crippen molar-refractivity contribution in [1.29, 1.82) is 0 Å². The minimum atomic E-state index is 0.729. The largest absolute Gasteiger partial charge is 0.330 e. The molecule has 2 nitrogen and oxygen atoms in total. The van der Waals surface area contributed by atoms with Crippen LogP contribution in [0, 0.1) is 0 Å². The molecule has 0 radical (unpaired) electrons. The van der Waals surface area contributed by atoms with Gasteiger partial charge < -0.3 is 10.6 Å². The van der Waals surface area contributed by atoms with Crippen LogP contribution in [0.25, 0.3) is 0 Å². The summed E-state index contributed by atoms with van der Waals surface area (Å²) in [6.07, 6.45) is 8.62. The van der Waals surface area contributed by atoms with Gasteiger partial charge in [-0.3, -0.25) is 0 Å². The van der Waals surface area contributed by atoms with Crippen molar-refractivity contribution in [2.75, 3.05) is 32.1 Å². The zero-order valence-electron chi connectivity index (χ0n) is 10.7. The Morgan fingerprint density at radius 3 is 2.47 bits per heavy atom. The van der Waals surface area contributed by atoms with E-state index in [-0.39, 0.29) is 0 Å². The molecular weight excluding hydrogens is 204 g/mol. The van der Waals surface area contributed by atoms with Gasteiger partial charge in [0.05, 0.1) is 0 Å². The van der Waals surface area contributed by atoms with Gasteiger partial charge in [-0.2, -0.15) is 11.8 Å². The lowest BCUT2D eigenvalue weighted by molar-refractivity contribution is 0.247. The summed E-state index contributed by atoms with van der Waals surface area (Å²) in [5, 5.41) is 0. The SMILES string of the molecule is CSCCC(C)N(C)CCCCCCN. The predicted molar refractivity (Wildman–Crippen MR) is 72.6 cm³/mol. The lowest BCUT2D eigenvalue weighted by Gasteiger charge is -2.24. The number of thioether (sulfide) groups is 1. The van der Waals surface area contributed by atoms with E-state index < -0.39 is 0 Å². The molecule has 0 saturated carbocycles. The molecule has 0 aromatic carbocycles. The van der Waals surface area contributed by atoms with E-state index >= 15 is 0 Å². The van der Waals surface area contributed by atoms with E-state index in [4.69, 9.17) is 5.73 Å². The minimum absolute atomic E-state index is 0.729. The Hall–Kier alpha value is 0.270. The Bertz CT molecular complexity index is 131. The highest BCUT2D eigenvalue weighted by Gasteiger charge is 2.07. The molecule has 0 heterocycles. The maximum Gasteiger partial charge on any atom is 0.00717 e. The van der Waals surface area contributed by atoms with Gasteiger partial charge >= 0.3 is 0 Å². The van der Waals surface area contributed by atoms with Gasteiger partial charge in [0, 0.05) is 6.04 Å². The maximum absolute atomic E-state index is 5.46. The molecule has 2 N–H and O–H groups in total. The molecule has 92 valence electrons. The molecule has 3 heteroatoms. The third-order valence-corrected chi connectivity index (χ3v) is 3.60. The molecule has 0 fully saturated rings. The van der Waals surface area contributed by atoms with Crippen molar-refractivity contribution in [2.24, 2.45) is 5.73 Å². The van der Waals surface area contributed by atoms with Gasteiger partial charge in [0.15, 0.2) is 0 Å². The molecule has 0 aliphatic rings. The first-order chi connectivity index (χ1) is 7.22. The molecule has 0 rings (SSSR count). The molecule has 0 spiro atoms. The Morgan fingerprint density at radius 1 is 1.20 bits per heavy atom. The molecule has 0 bridgehead atoms. The minimum Gasteiger partial charge on any atom is -0.330 e. The summed E-state index contributed by atoms with van der Waals surface area (Å²) in [7, 11) is 2.24. The maximum atomic E-state index is 5.46. The second-order valence-electron chi connectivity index (χ2n) is 4.31. The Balaban J connectivity index is 3.34. The van der Waals surface area contributed by atoms with Gasteiger partial charge in [0.25, 0.3) is 0 Å². The van der Waals surface area contributed by atoms with Crippen LogP contribution in [0.2, 0.25) is 0 Å². The number of rotatable bonds is 10. The van der Waals surface area contributed by atoms with E-state index in [1.165, 1.54) is 44.4 Å². The van der Waals surface area contributed by atoms with Crippen molar-refractivity contribution in [2.45, 2.75) is 45.1 Å². The van der Waals surface area contributed by atoms with Gasteiger partial charge in [-0.15, -0.1) is 0 Å². The van der Waals surface area contributed by atoms with E-state index in [1.807, 2.05) is 11.8 Å². The Labute approximate surface area is 100.0 Å². The standard InChI is InChI=1S/C12H28N2S/c1-12(8-11-15-3)14(2)10-7-5-4-6-9-13/h12H,4-11,13H2,1-3H3. The quantitative estimate of drug-likeness (QED) is 0.587. The predicted octanol–water partition coefficient (Wildman–Crippen LogP) is 2.58.